The SMILES string of the molecule is COc1ccc(CNc2ncnc3ccc([N+](=O)[O-])cc23)c(OC)c1. The Morgan fingerprint density at radius 2 is 1.96 bits per heavy atom. The predicted octanol–water partition coefficient (Wildman–Crippen LogP) is 3.17. The quantitative estimate of drug-likeness (QED) is 0.543. The van der Waals surface area contributed by atoms with Crippen molar-refractivity contribution in [2.24, 2.45) is 0 Å². The van der Waals surface area contributed by atoms with Gasteiger partial charge in [-0.2, -0.15) is 0 Å². The second-order valence-electron chi connectivity index (χ2n) is 5.21. The van der Waals surface area contributed by atoms with Crippen LogP contribution in [-0.2, 0) is 6.54 Å². The van der Waals surface area contributed by atoms with E-state index in [2.05, 4.69) is 15.3 Å². The van der Waals surface area contributed by atoms with E-state index in [0.29, 0.717) is 34.8 Å². The van der Waals surface area contributed by atoms with E-state index in [1.54, 1.807) is 26.4 Å². The molecule has 8 heteroatoms. The van der Waals surface area contributed by atoms with Gasteiger partial charge >= 0.3 is 0 Å². The highest BCUT2D eigenvalue weighted by molar-refractivity contribution is 5.90. The van der Waals surface area contributed by atoms with Crippen LogP contribution in [0, 0.1) is 10.1 Å². The maximum Gasteiger partial charge on any atom is 0.270 e. The summed E-state index contributed by atoms with van der Waals surface area (Å²) in [5.41, 5.74) is 1.53. The topological polar surface area (TPSA) is 99.4 Å². The maximum atomic E-state index is 11.0. The number of nitrogens with one attached hydrogen (secondary N) is 1. The molecule has 0 atom stereocenters. The van der Waals surface area contributed by atoms with Crippen LogP contribution in [0.15, 0.2) is 42.7 Å². The summed E-state index contributed by atoms with van der Waals surface area (Å²) < 4.78 is 10.6. The van der Waals surface area contributed by atoms with Crippen molar-refractivity contribution in [2.45, 2.75) is 6.54 Å². The summed E-state index contributed by atoms with van der Waals surface area (Å²) >= 11 is 0. The Bertz CT molecular complexity index is 930. The summed E-state index contributed by atoms with van der Waals surface area (Å²) in [5, 5.41) is 14.8. The predicted molar refractivity (Wildman–Crippen MR) is 93.1 cm³/mol. The first-order valence-electron chi connectivity index (χ1n) is 7.46. The third-order valence-corrected chi connectivity index (χ3v) is 3.77. The van der Waals surface area contributed by atoms with Crippen molar-refractivity contribution in [3.8, 4) is 11.5 Å². The number of non-ortho nitro benzene ring substituents is 1. The Kier molecular flexibility index (Phi) is 4.60. The minimum Gasteiger partial charge on any atom is -0.497 e. The standard InChI is InChI=1S/C17H16N4O4/c1-24-13-5-3-11(16(8-13)25-2)9-18-17-14-7-12(21(22)23)4-6-15(14)19-10-20-17/h3-8,10H,9H2,1-2H3,(H,18,19,20). The maximum absolute atomic E-state index is 11.0. The van der Waals surface area contributed by atoms with Crippen LogP contribution < -0.4 is 14.8 Å². The van der Waals surface area contributed by atoms with Crippen molar-refractivity contribution in [1.29, 1.82) is 0 Å². The molecule has 1 aromatic heterocycles. The van der Waals surface area contributed by atoms with Gasteiger partial charge in [0.2, 0.25) is 0 Å². The number of aromatic nitrogens is 2. The zero-order valence-corrected chi connectivity index (χ0v) is 13.7. The van der Waals surface area contributed by atoms with E-state index in [-0.39, 0.29) is 5.69 Å². The van der Waals surface area contributed by atoms with Crippen LogP contribution in [0.5, 0.6) is 11.5 Å². The van der Waals surface area contributed by atoms with E-state index >= 15 is 0 Å². The third-order valence-electron chi connectivity index (χ3n) is 3.77. The van der Waals surface area contributed by atoms with Gasteiger partial charge in [0.15, 0.2) is 0 Å². The number of fused-ring (bicyclic) bond motifs is 1. The van der Waals surface area contributed by atoms with Gasteiger partial charge in [0.05, 0.1) is 24.7 Å². The summed E-state index contributed by atoms with van der Waals surface area (Å²) in [6.07, 6.45) is 1.42. The second kappa shape index (κ2) is 7.00. The Hall–Kier alpha value is -3.42. The number of hydrogen-bond donors (Lipinski definition) is 1. The Balaban J connectivity index is 1.91. The van der Waals surface area contributed by atoms with Crippen LogP contribution in [0.4, 0.5) is 11.5 Å². The number of ether oxygens (including phenoxy) is 2. The van der Waals surface area contributed by atoms with Crippen molar-refractivity contribution in [3.63, 3.8) is 0 Å². The lowest BCUT2D eigenvalue weighted by Crippen LogP contribution is -2.04. The van der Waals surface area contributed by atoms with Crippen molar-refractivity contribution < 1.29 is 14.4 Å². The molecule has 0 bridgehead atoms. The van der Waals surface area contributed by atoms with Crippen LogP contribution in [0.25, 0.3) is 10.9 Å². The van der Waals surface area contributed by atoms with Crippen molar-refractivity contribution in [3.05, 3.63) is 58.4 Å². The lowest BCUT2D eigenvalue weighted by atomic mass is 10.1. The lowest BCUT2D eigenvalue weighted by Gasteiger charge is -2.12. The fourth-order valence-electron chi connectivity index (χ4n) is 2.48. The normalized spacial score (nSPS) is 10.5. The van der Waals surface area contributed by atoms with Gasteiger partial charge in [0.25, 0.3) is 5.69 Å². The molecule has 0 aliphatic rings. The third kappa shape index (κ3) is 3.42. The molecule has 0 fully saturated rings. The van der Waals surface area contributed by atoms with Crippen LogP contribution in [0.3, 0.4) is 0 Å². The van der Waals surface area contributed by atoms with Gasteiger partial charge in [-0.1, -0.05) is 0 Å². The molecule has 0 saturated heterocycles. The highest BCUT2D eigenvalue weighted by Gasteiger charge is 2.11. The largest absolute Gasteiger partial charge is 0.497 e. The molecule has 1 N–H and O–H groups in total. The smallest absolute Gasteiger partial charge is 0.270 e. The molecule has 0 aliphatic heterocycles. The summed E-state index contributed by atoms with van der Waals surface area (Å²) in [5.74, 6) is 1.89. The molecule has 0 unspecified atom stereocenters. The van der Waals surface area contributed by atoms with E-state index in [4.69, 9.17) is 9.47 Å². The molecule has 1 heterocycles. The molecule has 0 spiro atoms. The van der Waals surface area contributed by atoms with Crippen molar-refractivity contribution in [2.75, 3.05) is 19.5 Å². The molecule has 25 heavy (non-hydrogen) atoms. The number of hydrogen-bond acceptors (Lipinski definition) is 7. The van der Waals surface area contributed by atoms with Gasteiger partial charge in [-0.05, 0) is 18.2 Å². The van der Waals surface area contributed by atoms with Gasteiger partial charge in [0, 0.05) is 35.7 Å². The molecular formula is C17H16N4O4. The highest BCUT2D eigenvalue weighted by atomic mass is 16.6. The van der Waals surface area contributed by atoms with Gasteiger partial charge < -0.3 is 14.8 Å². The van der Waals surface area contributed by atoms with E-state index in [1.165, 1.54) is 18.5 Å². The molecular weight excluding hydrogens is 324 g/mol. The van der Waals surface area contributed by atoms with Gasteiger partial charge in [-0.25, -0.2) is 9.97 Å². The fraction of sp³-hybridized carbons (Fsp3) is 0.176. The number of anilines is 1. The average molecular weight is 340 g/mol. The van der Waals surface area contributed by atoms with Crippen LogP contribution in [0.1, 0.15) is 5.56 Å². The zero-order chi connectivity index (χ0) is 17.8. The summed E-state index contributed by atoms with van der Waals surface area (Å²) in [6.45, 7) is 0.433. The molecule has 3 aromatic rings. The van der Waals surface area contributed by atoms with Gasteiger partial charge in [-0.3, -0.25) is 10.1 Å². The molecule has 3 rings (SSSR count). The van der Waals surface area contributed by atoms with E-state index in [1.807, 2.05) is 12.1 Å². The Morgan fingerprint density at radius 3 is 2.68 bits per heavy atom. The number of nitro benzene ring substituents is 1. The summed E-state index contributed by atoms with van der Waals surface area (Å²) in [6, 6.07) is 10.0. The lowest BCUT2D eigenvalue weighted by molar-refractivity contribution is -0.384. The minimum atomic E-state index is -0.442. The first kappa shape index (κ1) is 16.4. The average Bonchev–Trinajstić information content (AvgIpc) is 2.65. The van der Waals surface area contributed by atoms with Gasteiger partial charge in [-0.15, -0.1) is 0 Å². The molecule has 2 aromatic carbocycles. The molecule has 8 nitrogen and oxygen atoms in total. The fourth-order valence-corrected chi connectivity index (χ4v) is 2.48. The molecule has 0 aliphatic carbocycles. The minimum absolute atomic E-state index is 0.00706. The molecule has 0 saturated carbocycles. The first-order valence-corrected chi connectivity index (χ1v) is 7.46. The Morgan fingerprint density at radius 1 is 1.12 bits per heavy atom. The van der Waals surface area contributed by atoms with Crippen LogP contribution in [-0.4, -0.2) is 29.1 Å². The molecule has 0 radical (unpaired) electrons. The van der Waals surface area contributed by atoms with Crippen LogP contribution >= 0.6 is 0 Å². The number of nitro groups is 1. The van der Waals surface area contributed by atoms with Crippen molar-refractivity contribution in [1.82, 2.24) is 9.97 Å². The number of rotatable bonds is 6. The van der Waals surface area contributed by atoms with Crippen molar-refractivity contribution >= 4 is 22.4 Å². The number of methoxy groups -OCH3 is 2. The Labute approximate surface area is 143 Å². The zero-order valence-electron chi connectivity index (χ0n) is 13.7. The van der Waals surface area contributed by atoms with E-state index in [9.17, 15) is 10.1 Å². The number of nitrogens with zero attached hydrogens (tertiary/aromatic N) is 3. The monoisotopic (exact) mass is 340 g/mol. The van der Waals surface area contributed by atoms with Gasteiger partial charge in [0.1, 0.15) is 23.6 Å². The van der Waals surface area contributed by atoms with E-state index in [0.717, 1.165) is 5.56 Å². The van der Waals surface area contributed by atoms with Crippen LogP contribution in [0.2, 0.25) is 0 Å². The van der Waals surface area contributed by atoms with E-state index < -0.39 is 4.92 Å². The highest BCUT2D eigenvalue weighted by Crippen LogP contribution is 2.27. The number of benzene rings is 2. The molecule has 0 amide bonds. The molecule has 128 valence electrons. The second-order valence-corrected chi connectivity index (χ2v) is 5.21. The summed E-state index contributed by atoms with van der Waals surface area (Å²) in [7, 11) is 3.17. The first-order chi connectivity index (χ1) is 12.1. The summed E-state index contributed by atoms with van der Waals surface area (Å²) in [4.78, 5) is 18.9.